The van der Waals surface area contributed by atoms with E-state index in [4.69, 9.17) is 0 Å². The van der Waals surface area contributed by atoms with Gasteiger partial charge in [0.15, 0.2) is 11.5 Å². The van der Waals surface area contributed by atoms with Crippen LogP contribution in [-0.4, -0.2) is 15.2 Å². The van der Waals surface area contributed by atoms with E-state index in [9.17, 15) is 9.18 Å². The van der Waals surface area contributed by atoms with Crippen LogP contribution in [-0.2, 0) is 0 Å². The van der Waals surface area contributed by atoms with Crippen molar-refractivity contribution in [3.8, 4) is 11.3 Å². The van der Waals surface area contributed by atoms with Crippen LogP contribution in [0.2, 0.25) is 0 Å². The van der Waals surface area contributed by atoms with Gasteiger partial charge in [-0.15, -0.1) is 10.2 Å². The molecule has 0 unspecified atom stereocenters. The number of hydrogen-bond acceptors (Lipinski definition) is 4. The summed E-state index contributed by atoms with van der Waals surface area (Å²) < 4.78 is 13.5. The largest absolute Gasteiger partial charge is 0.295 e. The number of azo groups is 1. The third-order valence-corrected chi connectivity index (χ3v) is 2.83. The van der Waals surface area contributed by atoms with Gasteiger partial charge in [0.25, 0.3) is 5.56 Å². The number of rotatable bonds is 3. The number of aromatic amines is 2. The number of benzene rings is 1. The fourth-order valence-electron chi connectivity index (χ4n) is 1.81. The van der Waals surface area contributed by atoms with E-state index in [1.807, 2.05) is 0 Å². The van der Waals surface area contributed by atoms with Crippen LogP contribution in [0.5, 0.6) is 0 Å². The Morgan fingerprint density at radius 1 is 1.00 bits per heavy atom. The monoisotopic (exact) mass is 283 g/mol. The lowest BCUT2D eigenvalue weighted by atomic mass is 10.2. The van der Waals surface area contributed by atoms with Gasteiger partial charge in [0, 0.05) is 18.0 Å². The molecule has 2 heterocycles. The summed E-state index contributed by atoms with van der Waals surface area (Å²) in [6, 6.07) is 9.40. The van der Waals surface area contributed by atoms with Crippen LogP contribution < -0.4 is 5.56 Å². The molecule has 21 heavy (non-hydrogen) atoms. The summed E-state index contributed by atoms with van der Waals surface area (Å²) in [7, 11) is 0. The van der Waals surface area contributed by atoms with Crippen LogP contribution >= 0.6 is 0 Å². The van der Waals surface area contributed by atoms with Gasteiger partial charge in [0.2, 0.25) is 0 Å². The predicted octanol–water partition coefficient (Wildman–Crippen LogP) is 3.32. The van der Waals surface area contributed by atoms with E-state index in [1.54, 1.807) is 36.7 Å². The maximum Gasteiger partial charge on any atom is 0.292 e. The number of nitrogens with one attached hydrogen (secondary N) is 2. The lowest BCUT2D eigenvalue weighted by Crippen LogP contribution is -1.96. The van der Waals surface area contributed by atoms with Crippen LogP contribution in [0.4, 0.5) is 15.8 Å². The molecular formula is C14H10FN5O. The summed E-state index contributed by atoms with van der Waals surface area (Å²) in [6.07, 6.45) is 3.19. The van der Waals surface area contributed by atoms with Gasteiger partial charge in [-0.25, -0.2) is 4.39 Å². The highest BCUT2D eigenvalue weighted by Gasteiger charge is 2.11. The van der Waals surface area contributed by atoms with E-state index in [2.05, 4.69) is 25.4 Å². The fraction of sp³-hybridized carbons (Fsp3) is 0. The van der Waals surface area contributed by atoms with Crippen LogP contribution in [0.25, 0.3) is 11.3 Å². The number of hydrogen-bond donors (Lipinski definition) is 2. The van der Waals surface area contributed by atoms with Crippen LogP contribution in [0.3, 0.4) is 0 Å². The smallest absolute Gasteiger partial charge is 0.292 e. The van der Waals surface area contributed by atoms with E-state index >= 15 is 0 Å². The Balaban J connectivity index is 2.02. The molecule has 3 aromatic rings. The number of nitrogens with zero attached hydrogens (tertiary/aromatic N) is 3. The normalized spacial score (nSPS) is 11.1. The molecule has 0 saturated carbocycles. The van der Waals surface area contributed by atoms with Crippen molar-refractivity contribution in [3.05, 3.63) is 65.0 Å². The zero-order valence-corrected chi connectivity index (χ0v) is 10.7. The Morgan fingerprint density at radius 2 is 1.76 bits per heavy atom. The van der Waals surface area contributed by atoms with Crippen molar-refractivity contribution >= 4 is 11.4 Å². The molecule has 0 aliphatic carbocycles. The van der Waals surface area contributed by atoms with Crippen LogP contribution in [0.15, 0.2) is 63.8 Å². The lowest BCUT2D eigenvalue weighted by Gasteiger charge is -1.97. The predicted molar refractivity (Wildman–Crippen MR) is 75.2 cm³/mol. The number of aromatic nitrogens is 3. The van der Waals surface area contributed by atoms with Crippen LogP contribution in [0, 0.1) is 5.82 Å². The third-order valence-electron chi connectivity index (χ3n) is 2.83. The Morgan fingerprint density at radius 3 is 2.52 bits per heavy atom. The summed E-state index contributed by atoms with van der Waals surface area (Å²) in [4.78, 5) is 15.7. The van der Waals surface area contributed by atoms with E-state index in [-0.39, 0.29) is 11.4 Å². The highest BCUT2D eigenvalue weighted by molar-refractivity contribution is 5.70. The molecule has 0 aliphatic rings. The van der Waals surface area contributed by atoms with Gasteiger partial charge in [-0.05, 0) is 24.3 Å². The molecule has 0 aliphatic heterocycles. The third kappa shape index (κ3) is 2.62. The molecule has 7 heteroatoms. The second-order valence-corrected chi connectivity index (χ2v) is 4.19. The van der Waals surface area contributed by atoms with Gasteiger partial charge in [0.1, 0.15) is 5.69 Å². The van der Waals surface area contributed by atoms with Crippen molar-refractivity contribution in [1.29, 1.82) is 0 Å². The standard InChI is InChI=1S/C14H10FN5O/c15-10-3-1-2-4-11(10)17-19-13-12(18-20-14(13)21)9-5-7-16-8-6-9/h1-8H,(H2,18,20,21). The average Bonchev–Trinajstić information content (AvgIpc) is 2.88. The molecule has 0 saturated heterocycles. The van der Waals surface area contributed by atoms with Gasteiger partial charge in [-0.1, -0.05) is 12.1 Å². The zero-order valence-electron chi connectivity index (χ0n) is 10.7. The van der Waals surface area contributed by atoms with Crippen molar-refractivity contribution in [3.63, 3.8) is 0 Å². The summed E-state index contributed by atoms with van der Waals surface area (Å²) in [5.41, 5.74) is 0.929. The minimum Gasteiger partial charge on any atom is -0.295 e. The molecule has 0 atom stereocenters. The first-order valence-electron chi connectivity index (χ1n) is 6.13. The van der Waals surface area contributed by atoms with Crippen molar-refractivity contribution in [2.24, 2.45) is 10.2 Å². The molecule has 3 rings (SSSR count). The molecule has 0 spiro atoms. The van der Waals surface area contributed by atoms with Gasteiger partial charge in [-0.2, -0.15) is 0 Å². The second-order valence-electron chi connectivity index (χ2n) is 4.19. The Bertz CT molecular complexity index is 838. The maximum absolute atomic E-state index is 13.5. The molecule has 0 fully saturated rings. The van der Waals surface area contributed by atoms with Gasteiger partial charge < -0.3 is 0 Å². The van der Waals surface area contributed by atoms with Crippen molar-refractivity contribution in [2.45, 2.75) is 0 Å². The zero-order chi connectivity index (χ0) is 14.7. The number of halogens is 1. The Kier molecular flexibility index (Phi) is 3.38. The first-order chi connectivity index (χ1) is 10.3. The van der Waals surface area contributed by atoms with Crippen LogP contribution in [0.1, 0.15) is 0 Å². The summed E-state index contributed by atoms with van der Waals surface area (Å²) in [5.74, 6) is -0.501. The molecule has 0 radical (unpaired) electrons. The minimum absolute atomic E-state index is 0.0683. The van der Waals surface area contributed by atoms with Crippen molar-refractivity contribution in [1.82, 2.24) is 15.2 Å². The van der Waals surface area contributed by atoms with E-state index < -0.39 is 11.4 Å². The summed E-state index contributed by atoms with van der Waals surface area (Å²) >= 11 is 0. The van der Waals surface area contributed by atoms with Crippen molar-refractivity contribution in [2.75, 3.05) is 0 Å². The highest BCUT2D eigenvalue weighted by atomic mass is 19.1. The van der Waals surface area contributed by atoms with Crippen molar-refractivity contribution < 1.29 is 4.39 Å². The van der Waals surface area contributed by atoms with E-state index in [1.165, 1.54) is 12.1 Å². The maximum atomic E-state index is 13.5. The molecule has 1 aromatic carbocycles. The van der Waals surface area contributed by atoms with E-state index in [0.29, 0.717) is 5.69 Å². The number of H-pyrrole nitrogens is 2. The summed E-state index contributed by atoms with van der Waals surface area (Å²) in [6.45, 7) is 0. The quantitative estimate of drug-likeness (QED) is 0.722. The molecule has 0 amide bonds. The fourth-order valence-corrected chi connectivity index (χ4v) is 1.81. The van der Waals surface area contributed by atoms with E-state index in [0.717, 1.165) is 5.56 Å². The minimum atomic E-state index is -0.501. The second kappa shape index (κ2) is 5.49. The lowest BCUT2D eigenvalue weighted by molar-refractivity contribution is 0.628. The Hall–Kier alpha value is -3.09. The first kappa shape index (κ1) is 12.9. The molecule has 104 valence electrons. The molecule has 2 N–H and O–H groups in total. The molecule has 6 nitrogen and oxygen atoms in total. The van der Waals surface area contributed by atoms with Gasteiger partial charge in [-0.3, -0.25) is 20.0 Å². The summed E-state index contributed by atoms with van der Waals surface area (Å²) in [5, 5.41) is 12.8. The first-order valence-corrected chi connectivity index (χ1v) is 6.13. The Labute approximate surface area is 118 Å². The van der Waals surface area contributed by atoms with Gasteiger partial charge in [0.05, 0.1) is 5.69 Å². The number of pyridine rings is 1. The molecule has 0 bridgehead atoms. The molecular weight excluding hydrogens is 273 g/mol. The topological polar surface area (TPSA) is 86.3 Å². The van der Waals surface area contributed by atoms with Gasteiger partial charge >= 0.3 is 0 Å². The molecule has 2 aromatic heterocycles. The SMILES string of the molecule is O=c1[nH][nH]c(-c2ccncc2)c1N=Nc1ccccc1F. The average molecular weight is 283 g/mol. The highest BCUT2D eigenvalue weighted by Crippen LogP contribution is 2.26.